The third-order valence-corrected chi connectivity index (χ3v) is 7.54. The number of thiophene rings is 1. The standard InChI is InChI=1S/C8H8O4S.2C7H18NO.2HI/c1-3-4(2)6(8(11)12)13-5(3)7(9)10;2*1-4-8(3,5-2)6-7-9;;/h1-2H3,(H,9,10)(H,11,12);2*9H,4-7H2,1-3H3;2*1H/q;2*+1;;/p-2. The van der Waals surface area contributed by atoms with Crippen molar-refractivity contribution in [1.82, 2.24) is 0 Å². The van der Waals surface area contributed by atoms with Crippen molar-refractivity contribution in [2.45, 2.75) is 41.5 Å². The summed E-state index contributed by atoms with van der Waals surface area (Å²) in [6, 6.07) is 0. The average Bonchev–Trinajstić information content (AvgIpc) is 3.04. The number of carbonyl (C=O) groups is 2. The summed E-state index contributed by atoms with van der Waals surface area (Å²) in [6.07, 6.45) is 0. The number of quaternary nitrogens is 2. The van der Waals surface area contributed by atoms with Crippen molar-refractivity contribution in [3.8, 4) is 0 Å². The van der Waals surface area contributed by atoms with Gasteiger partial charge in [-0.2, -0.15) is 0 Å². The molecule has 11 heteroatoms. The van der Waals surface area contributed by atoms with Gasteiger partial charge in [0.1, 0.15) is 22.8 Å². The summed E-state index contributed by atoms with van der Waals surface area (Å²) in [5, 5.41) is 34.7. The maximum atomic E-state index is 10.6. The minimum atomic E-state index is -1.07. The van der Waals surface area contributed by atoms with Gasteiger partial charge in [-0.3, -0.25) is 0 Å². The predicted molar refractivity (Wildman–Crippen MR) is 126 cm³/mol. The Bertz CT molecular complexity index is 624. The van der Waals surface area contributed by atoms with E-state index in [0.717, 1.165) is 59.6 Å². The Morgan fingerprint density at radius 3 is 1.03 bits per heavy atom. The van der Waals surface area contributed by atoms with E-state index in [1.54, 1.807) is 13.8 Å². The highest BCUT2D eigenvalue weighted by molar-refractivity contribution is 7.16. The summed E-state index contributed by atoms with van der Waals surface area (Å²) in [6.45, 7) is 18.6. The van der Waals surface area contributed by atoms with Crippen LogP contribution in [0.1, 0.15) is 58.2 Å². The maximum Gasteiger partial charge on any atom is 0.346 e. The van der Waals surface area contributed by atoms with Crippen LogP contribution in [0.2, 0.25) is 0 Å². The molecule has 0 saturated carbocycles. The lowest BCUT2D eigenvalue weighted by Gasteiger charge is -2.31. The molecule has 0 fully saturated rings. The van der Waals surface area contributed by atoms with Crippen LogP contribution in [-0.2, 0) is 0 Å². The largest absolute Gasteiger partial charge is 1.00 e. The molecule has 0 radical (unpaired) electrons. The van der Waals surface area contributed by atoms with E-state index >= 15 is 0 Å². The molecular weight excluding hydrogens is 674 g/mol. The second kappa shape index (κ2) is 20.2. The highest BCUT2D eigenvalue weighted by Crippen LogP contribution is 2.27. The number of hydrogen-bond donors (Lipinski definition) is 4. The minimum absolute atomic E-state index is 0. The molecule has 33 heavy (non-hydrogen) atoms. The van der Waals surface area contributed by atoms with E-state index in [-0.39, 0.29) is 57.7 Å². The summed E-state index contributed by atoms with van der Waals surface area (Å²) in [4.78, 5) is 21.5. The monoisotopic (exact) mass is 718 g/mol. The topological polar surface area (TPSA) is 115 Å². The van der Waals surface area contributed by atoms with E-state index < -0.39 is 11.9 Å². The van der Waals surface area contributed by atoms with Gasteiger partial charge in [0.05, 0.1) is 53.5 Å². The highest BCUT2D eigenvalue weighted by atomic mass is 127. The van der Waals surface area contributed by atoms with Gasteiger partial charge in [0, 0.05) is 0 Å². The second-order valence-corrected chi connectivity index (χ2v) is 9.04. The van der Waals surface area contributed by atoms with Gasteiger partial charge in [-0.1, -0.05) is 0 Å². The zero-order valence-electron chi connectivity index (χ0n) is 21.3. The molecule has 0 aliphatic carbocycles. The van der Waals surface area contributed by atoms with Gasteiger partial charge in [0.25, 0.3) is 0 Å². The Kier molecular flexibility index (Phi) is 24.5. The summed E-state index contributed by atoms with van der Waals surface area (Å²) in [5.74, 6) is -2.14. The molecule has 0 atom stereocenters. The van der Waals surface area contributed by atoms with E-state index in [0.29, 0.717) is 24.3 Å². The minimum Gasteiger partial charge on any atom is -1.00 e. The molecule has 0 amide bonds. The summed E-state index contributed by atoms with van der Waals surface area (Å²) in [5.41, 5.74) is 1.07. The van der Waals surface area contributed by atoms with Crippen molar-refractivity contribution in [1.29, 1.82) is 0 Å². The first kappa shape index (κ1) is 40.1. The van der Waals surface area contributed by atoms with E-state index in [1.807, 2.05) is 0 Å². The van der Waals surface area contributed by atoms with Crippen LogP contribution in [-0.4, -0.2) is 108 Å². The van der Waals surface area contributed by atoms with Crippen LogP contribution in [0.5, 0.6) is 0 Å². The smallest absolute Gasteiger partial charge is 0.346 e. The molecule has 198 valence electrons. The Balaban J connectivity index is -0.000000191. The molecule has 8 nitrogen and oxygen atoms in total. The first-order valence-corrected chi connectivity index (χ1v) is 11.6. The van der Waals surface area contributed by atoms with Crippen LogP contribution in [0, 0.1) is 13.8 Å². The third kappa shape index (κ3) is 14.8. The van der Waals surface area contributed by atoms with Gasteiger partial charge < -0.3 is 77.3 Å². The van der Waals surface area contributed by atoms with E-state index in [1.165, 1.54) is 0 Å². The van der Waals surface area contributed by atoms with Crippen molar-refractivity contribution in [3.63, 3.8) is 0 Å². The molecule has 1 aromatic heterocycles. The van der Waals surface area contributed by atoms with Crippen molar-refractivity contribution in [2.75, 3.05) is 66.6 Å². The molecule has 0 aliphatic heterocycles. The van der Waals surface area contributed by atoms with Crippen LogP contribution in [0.15, 0.2) is 0 Å². The van der Waals surface area contributed by atoms with Gasteiger partial charge in [-0.15, -0.1) is 11.3 Å². The molecule has 0 aliphatic rings. The van der Waals surface area contributed by atoms with E-state index in [4.69, 9.17) is 20.4 Å². The lowest BCUT2D eigenvalue weighted by molar-refractivity contribution is -0.906. The Labute approximate surface area is 237 Å². The first-order valence-electron chi connectivity index (χ1n) is 10.8. The number of halogens is 2. The molecule has 0 bridgehead atoms. The van der Waals surface area contributed by atoms with Gasteiger partial charge in [0.15, 0.2) is 0 Å². The number of aromatic carboxylic acids is 2. The van der Waals surface area contributed by atoms with Crippen molar-refractivity contribution < 1.29 is 86.9 Å². The lowest BCUT2D eigenvalue weighted by atomic mass is 10.1. The fraction of sp³-hybridized carbons (Fsp3) is 0.727. The van der Waals surface area contributed by atoms with Crippen molar-refractivity contribution in [2.24, 2.45) is 0 Å². The van der Waals surface area contributed by atoms with Crippen LogP contribution in [0.4, 0.5) is 0 Å². The molecule has 0 saturated heterocycles. The molecule has 1 rings (SSSR count). The number of aliphatic hydroxyl groups excluding tert-OH is 2. The first-order chi connectivity index (χ1) is 14.3. The van der Waals surface area contributed by atoms with E-state index in [9.17, 15) is 9.59 Å². The van der Waals surface area contributed by atoms with Gasteiger partial charge >= 0.3 is 11.9 Å². The number of carboxylic acid groups (broad SMARTS) is 2. The molecule has 0 spiro atoms. The molecule has 0 aromatic carbocycles. The molecule has 1 heterocycles. The SMILES string of the molecule is CC[N+](C)(CC)CCO.CC[N+](C)(CC)CCO.Cc1c(C(=O)O)sc(C(=O)O)c1C.[I-].[I-]. The molecule has 0 unspecified atom stereocenters. The number of aliphatic hydroxyl groups is 2. The number of nitrogens with zero attached hydrogens (tertiary/aromatic N) is 2. The van der Waals surface area contributed by atoms with Crippen LogP contribution in [0.3, 0.4) is 0 Å². The number of rotatable bonds is 10. The summed E-state index contributed by atoms with van der Waals surface area (Å²) in [7, 11) is 4.33. The molecule has 4 N–H and O–H groups in total. The van der Waals surface area contributed by atoms with Crippen LogP contribution >= 0.6 is 11.3 Å². The van der Waals surface area contributed by atoms with Crippen molar-refractivity contribution >= 4 is 23.3 Å². The van der Waals surface area contributed by atoms with Crippen molar-refractivity contribution in [3.05, 3.63) is 20.9 Å². The van der Waals surface area contributed by atoms with Gasteiger partial charge in [0.2, 0.25) is 0 Å². The zero-order valence-corrected chi connectivity index (χ0v) is 26.5. The summed E-state index contributed by atoms with van der Waals surface area (Å²) < 4.78 is 1.97. The second-order valence-electron chi connectivity index (χ2n) is 8.02. The number of hydrogen-bond acceptors (Lipinski definition) is 5. The quantitative estimate of drug-likeness (QED) is 0.149. The fourth-order valence-electron chi connectivity index (χ4n) is 2.57. The number of likely N-dealkylation sites (N-methyl/N-ethyl adjacent to an activating group) is 2. The van der Waals surface area contributed by atoms with E-state index in [2.05, 4.69) is 41.8 Å². The van der Waals surface area contributed by atoms with Gasteiger partial charge in [-0.25, -0.2) is 9.59 Å². The van der Waals surface area contributed by atoms with Crippen LogP contribution < -0.4 is 48.0 Å². The highest BCUT2D eigenvalue weighted by Gasteiger charge is 2.20. The zero-order chi connectivity index (χ0) is 24.8. The fourth-order valence-corrected chi connectivity index (χ4v) is 3.56. The van der Waals surface area contributed by atoms with Gasteiger partial charge in [-0.05, 0) is 52.7 Å². The normalized spacial score (nSPS) is 10.5. The van der Waals surface area contributed by atoms with Crippen LogP contribution in [0.25, 0.3) is 0 Å². The molecule has 1 aromatic rings. The lowest BCUT2D eigenvalue weighted by Crippen LogP contribution is -3.00. The Hall–Kier alpha value is -0.0600. The Morgan fingerprint density at radius 1 is 0.697 bits per heavy atom. The average molecular weight is 718 g/mol. The summed E-state index contributed by atoms with van der Waals surface area (Å²) >= 11 is 0.803. The maximum absolute atomic E-state index is 10.6. The Morgan fingerprint density at radius 2 is 0.939 bits per heavy atom. The number of carboxylic acids is 2. The third-order valence-electron chi connectivity index (χ3n) is 6.17. The predicted octanol–water partition coefficient (Wildman–Crippen LogP) is -3.30. The molecular formula is C22H44I2N2O6S.